The number of aryl methyl sites for hydroxylation is 1. The molecule has 0 fully saturated rings. The molecule has 0 aliphatic carbocycles. The second-order valence-electron chi connectivity index (χ2n) is 3.94. The van der Waals surface area contributed by atoms with Crippen LogP contribution >= 0.6 is 0 Å². The highest BCUT2D eigenvalue weighted by Gasteiger charge is 2.21. The Morgan fingerprint density at radius 3 is 2.58 bits per heavy atom. The zero-order valence-corrected chi connectivity index (χ0v) is 11.2. The number of aromatic nitrogens is 1. The maximum atomic E-state index is 12.2. The number of benzene rings is 1. The fraction of sp³-hybridized carbons (Fsp3) is 0.167. The molecule has 0 saturated heterocycles. The molecule has 0 amide bonds. The minimum absolute atomic E-state index is 0.0604. The van der Waals surface area contributed by atoms with Gasteiger partial charge in [0.2, 0.25) is 5.88 Å². The Kier molecular flexibility index (Phi) is 3.27. The van der Waals surface area contributed by atoms with E-state index in [4.69, 9.17) is 9.78 Å². The SMILES string of the molecule is Cc1noc(NS(=O)(=O)c2ccccc2C#N)c1C. The van der Waals surface area contributed by atoms with Crippen LogP contribution in [0.15, 0.2) is 33.7 Å². The molecule has 2 aromatic rings. The number of sulfonamides is 1. The van der Waals surface area contributed by atoms with E-state index < -0.39 is 10.0 Å². The third-order valence-electron chi connectivity index (χ3n) is 2.68. The average molecular weight is 277 g/mol. The van der Waals surface area contributed by atoms with Gasteiger partial charge in [0.05, 0.1) is 11.3 Å². The van der Waals surface area contributed by atoms with Crippen LogP contribution in [-0.2, 0) is 10.0 Å². The molecule has 1 N–H and O–H groups in total. The van der Waals surface area contributed by atoms with Gasteiger partial charge in [-0.25, -0.2) is 13.1 Å². The van der Waals surface area contributed by atoms with Crippen LogP contribution in [0, 0.1) is 25.2 Å². The summed E-state index contributed by atoms with van der Waals surface area (Å²) in [6.07, 6.45) is 0. The molecule has 1 aromatic heterocycles. The van der Waals surface area contributed by atoms with Crippen LogP contribution in [0.25, 0.3) is 0 Å². The number of anilines is 1. The largest absolute Gasteiger partial charge is 0.337 e. The van der Waals surface area contributed by atoms with Crippen LogP contribution < -0.4 is 4.72 Å². The summed E-state index contributed by atoms with van der Waals surface area (Å²) < 4.78 is 31.6. The van der Waals surface area contributed by atoms with Crippen molar-refractivity contribution in [3.05, 3.63) is 41.1 Å². The first-order valence-corrected chi connectivity index (χ1v) is 6.89. The minimum atomic E-state index is -3.87. The number of hydrogen-bond donors (Lipinski definition) is 1. The molecule has 0 bridgehead atoms. The molecule has 0 aliphatic heterocycles. The molecule has 0 unspecified atom stereocenters. The van der Waals surface area contributed by atoms with Gasteiger partial charge >= 0.3 is 0 Å². The zero-order valence-electron chi connectivity index (χ0n) is 10.3. The topological polar surface area (TPSA) is 96.0 Å². The summed E-state index contributed by atoms with van der Waals surface area (Å²) in [6.45, 7) is 3.40. The number of nitrogens with one attached hydrogen (secondary N) is 1. The van der Waals surface area contributed by atoms with Crippen molar-refractivity contribution in [2.75, 3.05) is 4.72 Å². The van der Waals surface area contributed by atoms with E-state index in [1.165, 1.54) is 12.1 Å². The summed E-state index contributed by atoms with van der Waals surface area (Å²) in [5, 5.41) is 12.6. The number of nitriles is 1. The van der Waals surface area contributed by atoms with Gasteiger partial charge in [0.25, 0.3) is 10.0 Å². The lowest BCUT2D eigenvalue weighted by Gasteiger charge is -2.06. The van der Waals surface area contributed by atoms with Crippen LogP contribution in [0.4, 0.5) is 5.88 Å². The molecule has 19 heavy (non-hydrogen) atoms. The first kappa shape index (κ1) is 13.1. The van der Waals surface area contributed by atoms with Crippen molar-refractivity contribution < 1.29 is 12.9 Å². The van der Waals surface area contributed by atoms with E-state index in [0.717, 1.165) is 0 Å². The van der Waals surface area contributed by atoms with Crippen molar-refractivity contribution in [3.8, 4) is 6.07 Å². The second-order valence-corrected chi connectivity index (χ2v) is 5.59. The summed E-state index contributed by atoms with van der Waals surface area (Å²) in [5.41, 5.74) is 1.29. The molecule has 2 rings (SSSR count). The van der Waals surface area contributed by atoms with Gasteiger partial charge in [-0.3, -0.25) is 0 Å². The summed E-state index contributed by atoms with van der Waals surface area (Å²) in [4.78, 5) is -0.0917. The third-order valence-corrected chi connectivity index (χ3v) is 4.07. The number of hydrogen-bond acceptors (Lipinski definition) is 5. The van der Waals surface area contributed by atoms with E-state index in [1.807, 2.05) is 6.07 Å². The monoisotopic (exact) mass is 277 g/mol. The lowest BCUT2D eigenvalue weighted by atomic mass is 10.2. The summed E-state index contributed by atoms with van der Waals surface area (Å²) >= 11 is 0. The molecule has 0 aliphatic rings. The van der Waals surface area contributed by atoms with E-state index in [1.54, 1.807) is 26.0 Å². The molecule has 0 atom stereocenters. The molecule has 7 heteroatoms. The normalized spacial score (nSPS) is 11.0. The molecule has 6 nitrogen and oxygen atoms in total. The number of nitrogens with zero attached hydrogens (tertiary/aromatic N) is 2. The molecule has 1 heterocycles. The molecular weight excluding hydrogens is 266 g/mol. The summed E-state index contributed by atoms with van der Waals surface area (Å²) in [5.74, 6) is 0.0604. The predicted octanol–water partition coefficient (Wildman–Crippen LogP) is 1.96. The second kappa shape index (κ2) is 4.74. The van der Waals surface area contributed by atoms with Gasteiger partial charge in [-0.1, -0.05) is 17.3 Å². The van der Waals surface area contributed by atoms with Crippen LogP contribution in [0.5, 0.6) is 0 Å². The molecule has 0 spiro atoms. The van der Waals surface area contributed by atoms with E-state index in [9.17, 15) is 8.42 Å². The standard InChI is InChI=1S/C12H11N3O3S/c1-8-9(2)14-18-12(8)15-19(16,17)11-6-4-3-5-10(11)7-13/h3-6,15H,1-2H3. The first-order valence-electron chi connectivity index (χ1n) is 5.40. The molecule has 0 radical (unpaired) electrons. The van der Waals surface area contributed by atoms with Crippen LogP contribution in [0.2, 0.25) is 0 Å². The molecule has 1 aromatic carbocycles. The summed E-state index contributed by atoms with van der Waals surface area (Å²) in [6, 6.07) is 7.79. The highest BCUT2D eigenvalue weighted by atomic mass is 32.2. The summed E-state index contributed by atoms with van der Waals surface area (Å²) in [7, 11) is -3.87. The van der Waals surface area contributed by atoms with Crippen molar-refractivity contribution in [2.45, 2.75) is 18.7 Å². The smallest absolute Gasteiger partial charge is 0.265 e. The minimum Gasteiger partial charge on any atom is -0.337 e. The Labute approximate surface area is 110 Å². The zero-order chi connectivity index (χ0) is 14.0. The fourth-order valence-electron chi connectivity index (χ4n) is 1.48. The lowest BCUT2D eigenvalue weighted by molar-refractivity contribution is 0.430. The van der Waals surface area contributed by atoms with Crippen molar-refractivity contribution >= 4 is 15.9 Å². The van der Waals surface area contributed by atoms with Gasteiger partial charge in [-0.05, 0) is 26.0 Å². The van der Waals surface area contributed by atoms with Crippen molar-refractivity contribution in [1.29, 1.82) is 5.26 Å². The predicted molar refractivity (Wildman–Crippen MR) is 67.9 cm³/mol. The van der Waals surface area contributed by atoms with Gasteiger partial charge in [0, 0.05) is 5.56 Å². The van der Waals surface area contributed by atoms with E-state index >= 15 is 0 Å². The maximum absolute atomic E-state index is 12.2. The highest BCUT2D eigenvalue weighted by molar-refractivity contribution is 7.92. The van der Waals surface area contributed by atoms with Gasteiger partial charge in [0.1, 0.15) is 11.0 Å². The Morgan fingerprint density at radius 1 is 1.32 bits per heavy atom. The Morgan fingerprint density at radius 2 is 2.00 bits per heavy atom. The van der Waals surface area contributed by atoms with Gasteiger partial charge in [-0.2, -0.15) is 5.26 Å². The lowest BCUT2D eigenvalue weighted by Crippen LogP contribution is -2.14. The average Bonchev–Trinajstić information content (AvgIpc) is 2.70. The molecule has 0 saturated carbocycles. The number of rotatable bonds is 3. The van der Waals surface area contributed by atoms with Crippen molar-refractivity contribution in [3.63, 3.8) is 0 Å². The van der Waals surface area contributed by atoms with Gasteiger partial charge in [0.15, 0.2) is 0 Å². The van der Waals surface area contributed by atoms with Crippen LogP contribution in [-0.4, -0.2) is 13.6 Å². The third kappa shape index (κ3) is 2.44. The molecule has 98 valence electrons. The van der Waals surface area contributed by atoms with Crippen molar-refractivity contribution in [1.82, 2.24) is 5.16 Å². The fourth-order valence-corrected chi connectivity index (χ4v) is 2.69. The molecular formula is C12H11N3O3S. The van der Waals surface area contributed by atoms with Crippen LogP contribution in [0.1, 0.15) is 16.8 Å². The van der Waals surface area contributed by atoms with E-state index in [2.05, 4.69) is 9.88 Å². The maximum Gasteiger partial charge on any atom is 0.265 e. The van der Waals surface area contributed by atoms with Gasteiger partial charge in [-0.15, -0.1) is 0 Å². The Bertz CT molecular complexity index is 757. The van der Waals surface area contributed by atoms with E-state index in [-0.39, 0.29) is 16.3 Å². The Balaban J connectivity index is 2.44. The van der Waals surface area contributed by atoms with E-state index in [0.29, 0.717) is 11.3 Å². The first-order chi connectivity index (χ1) is 8.95. The van der Waals surface area contributed by atoms with Crippen LogP contribution in [0.3, 0.4) is 0 Å². The Hall–Kier alpha value is -2.33. The quantitative estimate of drug-likeness (QED) is 0.925. The highest BCUT2D eigenvalue weighted by Crippen LogP contribution is 2.23. The van der Waals surface area contributed by atoms with Gasteiger partial charge < -0.3 is 4.52 Å². The van der Waals surface area contributed by atoms with Crippen molar-refractivity contribution in [2.24, 2.45) is 0 Å².